The molecule has 68 valence electrons. The van der Waals surface area contributed by atoms with Gasteiger partial charge in [0.25, 0.3) is 5.91 Å². The van der Waals surface area contributed by atoms with Gasteiger partial charge >= 0.3 is 0 Å². The highest BCUT2D eigenvalue weighted by atomic mass is 16.5. The van der Waals surface area contributed by atoms with E-state index >= 15 is 0 Å². The zero-order valence-corrected chi connectivity index (χ0v) is 7.36. The van der Waals surface area contributed by atoms with Gasteiger partial charge in [0, 0.05) is 5.22 Å². The first-order chi connectivity index (χ1) is 6.84. The van der Waals surface area contributed by atoms with Crippen molar-refractivity contribution in [1.82, 2.24) is 0 Å². The van der Waals surface area contributed by atoms with Crippen LogP contribution in [0, 0.1) is 0 Å². The molecule has 3 rings (SSSR count). The molecule has 1 heterocycles. The van der Waals surface area contributed by atoms with Crippen molar-refractivity contribution in [1.29, 1.82) is 0 Å². The van der Waals surface area contributed by atoms with Crippen molar-refractivity contribution in [3.63, 3.8) is 0 Å². The minimum atomic E-state index is -0.216. The second-order valence-corrected chi connectivity index (χ2v) is 3.24. The topological polar surface area (TPSA) is 38.7 Å². The lowest BCUT2D eigenvalue weighted by atomic mass is 10.1. The molecule has 0 atom stereocenters. The summed E-state index contributed by atoms with van der Waals surface area (Å²) in [5, 5.41) is 1.65. The van der Waals surface area contributed by atoms with Gasteiger partial charge in [-0.1, -0.05) is 24.3 Å². The van der Waals surface area contributed by atoms with Crippen molar-refractivity contribution < 1.29 is 9.53 Å². The second-order valence-electron chi connectivity index (χ2n) is 3.24. The zero-order valence-electron chi connectivity index (χ0n) is 7.36. The van der Waals surface area contributed by atoms with Crippen LogP contribution >= 0.6 is 0 Å². The Morgan fingerprint density at radius 3 is 3.21 bits per heavy atom. The van der Waals surface area contributed by atoms with Crippen molar-refractivity contribution in [2.24, 2.45) is 4.99 Å². The molecule has 0 N–H and O–H groups in total. The van der Waals surface area contributed by atoms with Gasteiger partial charge in [-0.15, -0.1) is 0 Å². The van der Waals surface area contributed by atoms with E-state index in [1.165, 1.54) is 0 Å². The number of benzene rings is 1. The van der Waals surface area contributed by atoms with Gasteiger partial charge in [0.2, 0.25) is 0 Å². The number of fused-ring (bicyclic) bond motifs is 3. The number of rotatable bonds is 0. The minimum absolute atomic E-state index is 0.0548. The smallest absolute Gasteiger partial charge is 0.284 e. The maximum Gasteiger partial charge on any atom is 0.284 e. The van der Waals surface area contributed by atoms with Gasteiger partial charge in [-0.25, -0.2) is 4.99 Å². The minimum Gasteiger partial charge on any atom is -0.481 e. The number of nitrogens with zero attached hydrogens (tertiary/aromatic N) is 1. The fourth-order valence-electron chi connectivity index (χ4n) is 1.70. The summed E-state index contributed by atoms with van der Waals surface area (Å²) < 4.78 is 5.27. The lowest BCUT2D eigenvalue weighted by Gasteiger charge is -2.09. The fourth-order valence-corrected chi connectivity index (χ4v) is 1.70. The van der Waals surface area contributed by atoms with Crippen LogP contribution in [0.1, 0.15) is 5.56 Å². The molecule has 14 heavy (non-hydrogen) atoms. The molecular weight excluding hydrogens is 178 g/mol. The Balaban J connectivity index is 2.46. The molecule has 0 fully saturated rings. The van der Waals surface area contributed by atoms with E-state index in [4.69, 9.17) is 4.74 Å². The van der Waals surface area contributed by atoms with Crippen molar-refractivity contribution >= 4 is 18.1 Å². The summed E-state index contributed by atoms with van der Waals surface area (Å²) in [4.78, 5) is 15.1. The van der Waals surface area contributed by atoms with E-state index in [0.717, 1.165) is 10.8 Å². The number of hydrogen-bond donors (Lipinski definition) is 0. The van der Waals surface area contributed by atoms with Gasteiger partial charge in [-0.2, -0.15) is 0 Å². The van der Waals surface area contributed by atoms with E-state index in [0.29, 0.717) is 11.1 Å². The third kappa shape index (κ3) is 0.923. The van der Waals surface area contributed by atoms with Crippen molar-refractivity contribution in [3.05, 3.63) is 34.3 Å². The summed E-state index contributed by atoms with van der Waals surface area (Å²) in [6.45, 7) is 0.0548. The molecule has 3 nitrogen and oxygen atoms in total. The highest BCUT2D eigenvalue weighted by Crippen LogP contribution is 2.09. The molecule has 1 amide bonds. The van der Waals surface area contributed by atoms with Gasteiger partial charge in [0.15, 0.2) is 6.61 Å². The Morgan fingerprint density at radius 2 is 2.29 bits per heavy atom. The number of carbonyl (C=O) groups excluding carboxylic acids is 1. The zero-order chi connectivity index (χ0) is 9.54. The standard InChI is InChI=1S/C11H7NO2/c13-10-6-14-9-5-4-7-2-1-3-8(7)11(9)12-10/h1-5H,6H2. The molecular formula is C11H7NO2. The molecule has 0 radical (unpaired) electrons. The third-order valence-electron chi connectivity index (χ3n) is 2.34. The van der Waals surface area contributed by atoms with Gasteiger partial charge in [0.1, 0.15) is 11.1 Å². The molecule has 0 saturated carbocycles. The Bertz CT molecular complexity index is 570. The molecule has 0 aromatic heterocycles. The molecule has 1 aliphatic carbocycles. The molecule has 0 saturated heterocycles. The SMILES string of the molecule is O=C1COc2ccc3c(c2=N1)=CC=C3. The van der Waals surface area contributed by atoms with Gasteiger partial charge in [-0.3, -0.25) is 4.79 Å². The van der Waals surface area contributed by atoms with E-state index < -0.39 is 0 Å². The molecule has 0 bridgehead atoms. The lowest BCUT2D eigenvalue weighted by Crippen LogP contribution is -2.34. The monoisotopic (exact) mass is 185 g/mol. The summed E-state index contributed by atoms with van der Waals surface area (Å²) >= 11 is 0. The van der Waals surface area contributed by atoms with Crippen LogP contribution in [0.4, 0.5) is 0 Å². The average molecular weight is 185 g/mol. The highest BCUT2D eigenvalue weighted by molar-refractivity contribution is 5.80. The first-order valence-corrected chi connectivity index (χ1v) is 4.40. The van der Waals surface area contributed by atoms with Gasteiger partial charge < -0.3 is 4.74 Å². The largest absolute Gasteiger partial charge is 0.481 e. The van der Waals surface area contributed by atoms with Crippen LogP contribution in [0.3, 0.4) is 0 Å². The molecule has 1 aromatic rings. The van der Waals surface area contributed by atoms with E-state index in [2.05, 4.69) is 4.99 Å². The molecule has 0 unspecified atom stereocenters. The van der Waals surface area contributed by atoms with E-state index in [1.54, 1.807) is 0 Å². The number of hydrogen-bond acceptors (Lipinski definition) is 2. The third-order valence-corrected chi connectivity index (χ3v) is 2.34. The van der Waals surface area contributed by atoms with Crippen LogP contribution in [-0.2, 0) is 4.79 Å². The van der Waals surface area contributed by atoms with Crippen LogP contribution in [0.5, 0.6) is 5.75 Å². The summed E-state index contributed by atoms with van der Waals surface area (Å²) in [6.07, 6.45) is 5.88. The van der Waals surface area contributed by atoms with E-state index in [-0.39, 0.29) is 12.5 Å². The van der Waals surface area contributed by atoms with Crippen molar-refractivity contribution in [2.75, 3.05) is 6.61 Å². The quantitative estimate of drug-likeness (QED) is 0.572. The van der Waals surface area contributed by atoms with E-state index in [1.807, 2.05) is 30.4 Å². The normalized spacial score (nSPS) is 16.4. The Kier molecular flexibility index (Phi) is 1.36. The first-order valence-electron chi connectivity index (χ1n) is 4.40. The van der Waals surface area contributed by atoms with Crippen LogP contribution < -0.4 is 15.3 Å². The fraction of sp³-hybridized carbons (Fsp3) is 0.0909. The maximum atomic E-state index is 11.1. The predicted octanol–water partition coefficient (Wildman–Crippen LogP) is 0.0325. The second kappa shape index (κ2) is 2.54. The van der Waals surface area contributed by atoms with Crippen LogP contribution in [0.15, 0.2) is 23.2 Å². The summed E-state index contributed by atoms with van der Waals surface area (Å²) in [6, 6.07) is 3.83. The molecule has 1 aromatic carbocycles. The number of allylic oxidation sites excluding steroid dienone is 1. The lowest BCUT2D eigenvalue weighted by molar-refractivity contribution is -0.120. The van der Waals surface area contributed by atoms with Crippen molar-refractivity contribution in [2.45, 2.75) is 0 Å². The Labute approximate surface area is 80.0 Å². The summed E-state index contributed by atoms with van der Waals surface area (Å²) in [5.41, 5.74) is 1.09. The Morgan fingerprint density at radius 1 is 1.36 bits per heavy atom. The predicted molar refractivity (Wildman–Crippen MR) is 51.2 cm³/mol. The number of ether oxygens (including phenoxy) is 1. The number of amides is 1. The van der Waals surface area contributed by atoms with Crippen LogP contribution in [0.25, 0.3) is 12.2 Å². The molecule has 0 spiro atoms. The van der Waals surface area contributed by atoms with Crippen molar-refractivity contribution in [3.8, 4) is 5.75 Å². The molecule has 2 aliphatic rings. The van der Waals surface area contributed by atoms with Gasteiger partial charge in [-0.05, 0) is 11.6 Å². The summed E-state index contributed by atoms with van der Waals surface area (Å²) in [7, 11) is 0. The maximum absolute atomic E-state index is 11.1. The first kappa shape index (κ1) is 7.50. The van der Waals surface area contributed by atoms with Crippen LogP contribution in [-0.4, -0.2) is 12.5 Å². The van der Waals surface area contributed by atoms with Gasteiger partial charge in [0.05, 0.1) is 0 Å². The number of carbonyl (C=O) groups is 1. The highest BCUT2D eigenvalue weighted by Gasteiger charge is 2.13. The van der Waals surface area contributed by atoms with E-state index in [9.17, 15) is 4.79 Å². The Hall–Kier alpha value is -1.90. The average Bonchev–Trinajstić information content (AvgIpc) is 2.65. The molecule has 3 heteroatoms. The summed E-state index contributed by atoms with van der Waals surface area (Å²) in [5.74, 6) is 0.481. The molecule has 1 aliphatic heterocycles. The van der Waals surface area contributed by atoms with Crippen LogP contribution in [0.2, 0.25) is 0 Å².